The summed E-state index contributed by atoms with van der Waals surface area (Å²) in [5, 5.41) is 0. The van der Waals surface area contributed by atoms with Gasteiger partial charge in [-0.3, -0.25) is 6.08 Å². The van der Waals surface area contributed by atoms with E-state index in [4.69, 9.17) is 0 Å². The molecule has 0 unspecified atom stereocenters. The quantitative estimate of drug-likeness (QED) is 0.398. The maximum Gasteiger partial charge on any atom is 1.00 e. The zero-order valence-corrected chi connectivity index (χ0v) is 10.1. The molecule has 0 nitrogen and oxygen atoms in total. The SMILES string of the molecule is CCCCC1=[C-]CC=C1.[K+]. The monoisotopic (exact) mass is 160 g/mol. The van der Waals surface area contributed by atoms with Gasteiger partial charge in [0.2, 0.25) is 0 Å². The van der Waals surface area contributed by atoms with Gasteiger partial charge in [0.1, 0.15) is 0 Å². The molecule has 1 aliphatic carbocycles. The van der Waals surface area contributed by atoms with Crippen LogP contribution >= 0.6 is 0 Å². The molecule has 50 valence electrons. The summed E-state index contributed by atoms with van der Waals surface area (Å²) in [7, 11) is 0. The van der Waals surface area contributed by atoms with E-state index in [0.29, 0.717) is 0 Å². The van der Waals surface area contributed by atoms with Crippen molar-refractivity contribution < 1.29 is 51.4 Å². The fraction of sp³-hybridized carbons (Fsp3) is 0.556. The molecule has 0 bridgehead atoms. The minimum absolute atomic E-state index is 0. The number of hydrogen-bond acceptors (Lipinski definition) is 0. The van der Waals surface area contributed by atoms with Crippen LogP contribution in [-0.4, -0.2) is 0 Å². The van der Waals surface area contributed by atoms with Crippen LogP contribution < -0.4 is 51.4 Å². The zero-order valence-electron chi connectivity index (χ0n) is 6.98. The Morgan fingerprint density at radius 3 is 2.90 bits per heavy atom. The minimum atomic E-state index is 0. The molecule has 1 rings (SSSR count). The molecule has 0 heterocycles. The first-order valence-electron chi connectivity index (χ1n) is 3.69. The van der Waals surface area contributed by atoms with Gasteiger partial charge in [-0.1, -0.05) is 26.2 Å². The molecule has 0 N–H and O–H groups in total. The van der Waals surface area contributed by atoms with Crippen LogP contribution in [0.2, 0.25) is 0 Å². The molecule has 0 spiro atoms. The summed E-state index contributed by atoms with van der Waals surface area (Å²) in [6.45, 7) is 2.22. The third-order valence-electron chi connectivity index (χ3n) is 1.57. The van der Waals surface area contributed by atoms with Crippen molar-refractivity contribution in [1.82, 2.24) is 0 Å². The molecule has 0 atom stereocenters. The first-order valence-corrected chi connectivity index (χ1v) is 3.69. The van der Waals surface area contributed by atoms with Crippen LogP contribution in [0, 0.1) is 6.08 Å². The van der Waals surface area contributed by atoms with Crippen molar-refractivity contribution >= 4 is 0 Å². The summed E-state index contributed by atoms with van der Waals surface area (Å²) in [4.78, 5) is 0. The Bertz CT molecular complexity index is 134. The van der Waals surface area contributed by atoms with E-state index in [1.54, 1.807) is 0 Å². The van der Waals surface area contributed by atoms with Crippen molar-refractivity contribution in [3.8, 4) is 0 Å². The van der Waals surface area contributed by atoms with Crippen LogP contribution in [-0.2, 0) is 0 Å². The van der Waals surface area contributed by atoms with Gasteiger partial charge in [0.05, 0.1) is 0 Å². The van der Waals surface area contributed by atoms with Crippen molar-refractivity contribution in [2.45, 2.75) is 32.6 Å². The number of hydrogen-bond donors (Lipinski definition) is 0. The Morgan fingerprint density at radius 1 is 1.60 bits per heavy atom. The third-order valence-corrected chi connectivity index (χ3v) is 1.57. The number of unbranched alkanes of at least 4 members (excludes halogenated alkanes) is 1. The summed E-state index contributed by atoms with van der Waals surface area (Å²) < 4.78 is 0. The molecular weight excluding hydrogens is 147 g/mol. The van der Waals surface area contributed by atoms with Crippen molar-refractivity contribution in [2.75, 3.05) is 0 Å². The average molecular weight is 160 g/mol. The predicted molar refractivity (Wildman–Crippen MR) is 40.0 cm³/mol. The summed E-state index contributed by atoms with van der Waals surface area (Å²) in [6, 6.07) is 0. The molecule has 0 radical (unpaired) electrons. The van der Waals surface area contributed by atoms with E-state index in [1.165, 1.54) is 24.8 Å². The first-order chi connectivity index (χ1) is 4.43. The summed E-state index contributed by atoms with van der Waals surface area (Å²) >= 11 is 0. The van der Waals surface area contributed by atoms with Gasteiger partial charge >= 0.3 is 51.4 Å². The van der Waals surface area contributed by atoms with Crippen molar-refractivity contribution in [3.63, 3.8) is 0 Å². The van der Waals surface area contributed by atoms with Crippen LogP contribution in [0.15, 0.2) is 17.7 Å². The Hall–Kier alpha value is 1.12. The van der Waals surface area contributed by atoms with Gasteiger partial charge in [0, 0.05) is 0 Å². The second-order valence-electron chi connectivity index (χ2n) is 2.41. The molecule has 1 heteroatoms. The van der Waals surface area contributed by atoms with E-state index >= 15 is 0 Å². The number of allylic oxidation sites excluding steroid dienone is 4. The Kier molecular flexibility index (Phi) is 7.56. The molecule has 0 fully saturated rings. The van der Waals surface area contributed by atoms with E-state index in [2.05, 4.69) is 25.2 Å². The van der Waals surface area contributed by atoms with Gasteiger partial charge in [0.15, 0.2) is 0 Å². The average Bonchev–Trinajstić information content (AvgIpc) is 2.34. The maximum absolute atomic E-state index is 3.30. The smallest absolute Gasteiger partial charge is 0.269 e. The fourth-order valence-electron chi connectivity index (χ4n) is 0.989. The first kappa shape index (κ1) is 11.1. The van der Waals surface area contributed by atoms with Gasteiger partial charge in [-0.05, 0) is 0 Å². The standard InChI is InChI=1S/C9H13.K/c1-2-3-6-9-7-4-5-8-9;/h4,7H,2-3,5-6H2,1H3;/q-1;+1. The molecule has 10 heavy (non-hydrogen) atoms. The van der Waals surface area contributed by atoms with Crippen LogP contribution in [0.3, 0.4) is 0 Å². The normalized spacial score (nSPS) is 14.7. The van der Waals surface area contributed by atoms with Crippen LogP contribution in [0.1, 0.15) is 32.6 Å². The number of rotatable bonds is 3. The van der Waals surface area contributed by atoms with Crippen molar-refractivity contribution in [2.24, 2.45) is 0 Å². The van der Waals surface area contributed by atoms with E-state index in [1.807, 2.05) is 0 Å². The predicted octanol–water partition coefficient (Wildman–Crippen LogP) is -0.130. The summed E-state index contributed by atoms with van der Waals surface area (Å²) in [6.07, 6.45) is 12.5. The molecule has 0 aromatic heterocycles. The Balaban J connectivity index is 0.000000810. The van der Waals surface area contributed by atoms with Crippen LogP contribution in [0.5, 0.6) is 0 Å². The minimum Gasteiger partial charge on any atom is -0.269 e. The summed E-state index contributed by atoms with van der Waals surface area (Å²) in [5.41, 5.74) is 1.41. The van der Waals surface area contributed by atoms with E-state index < -0.39 is 0 Å². The van der Waals surface area contributed by atoms with E-state index in [-0.39, 0.29) is 51.4 Å². The largest absolute Gasteiger partial charge is 1.00 e. The van der Waals surface area contributed by atoms with Gasteiger partial charge in [-0.25, -0.2) is 11.6 Å². The van der Waals surface area contributed by atoms with Gasteiger partial charge < -0.3 is 0 Å². The summed E-state index contributed by atoms with van der Waals surface area (Å²) in [5.74, 6) is 0. The van der Waals surface area contributed by atoms with E-state index in [0.717, 1.165) is 6.42 Å². The van der Waals surface area contributed by atoms with Gasteiger partial charge in [0.25, 0.3) is 0 Å². The maximum atomic E-state index is 3.30. The molecule has 0 aliphatic heterocycles. The molecule has 0 aromatic rings. The second kappa shape index (κ2) is 6.80. The molecule has 0 saturated carbocycles. The van der Waals surface area contributed by atoms with E-state index in [9.17, 15) is 0 Å². The zero-order chi connectivity index (χ0) is 6.53. The molecule has 0 amide bonds. The fourth-order valence-corrected chi connectivity index (χ4v) is 0.989. The van der Waals surface area contributed by atoms with Gasteiger partial charge in [-0.2, -0.15) is 6.08 Å². The molecule has 0 saturated heterocycles. The van der Waals surface area contributed by atoms with Crippen molar-refractivity contribution in [1.29, 1.82) is 0 Å². The van der Waals surface area contributed by atoms with Crippen molar-refractivity contribution in [3.05, 3.63) is 23.8 Å². The Morgan fingerprint density at radius 2 is 2.40 bits per heavy atom. The van der Waals surface area contributed by atoms with Crippen LogP contribution in [0.25, 0.3) is 0 Å². The Labute approximate surface area is 106 Å². The van der Waals surface area contributed by atoms with Crippen LogP contribution in [0.4, 0.5) is 0 Å². The third kappa shape index (κ3) is 4.09. The topological polar surface area (TPSA) is 0 Å². The molecule has 1 aliphatic rings. The molecule has 0 aromatic carbocycles. The second-order valence-corrected chi connectivity index (χ2v) is 2.41. The van der Waals surface area contributed by atoms with Gasteiger partial charge in [-0.15, -0.1) is 6.42 Å². The molecular formula is C9H13K.